The first-order valence-corrected chi connectivity index (χ1v) is 19.8. The van der Waals surface area contributed by atoms with Crippen molar-refractivity contribution in [3.63, 3.8) is 0 Å². The zero-order valence-electron chi connectivity index (χ0n) is 25.7. The summed E-state index contributed by atoms with van der Waals surface area (Å²) in [5.74, 6) is 2.42. The van der Waals surface area contributed by atoms with Gasteiger partial charge in [-0.15, -0.1) is 56.9 Å². The Morgan fingerprint density at radius 1 is 0.568 bits per heavy atom. The van der Waals surface area contributed by atoms with Crippen molar-refractivity contribution < 1.29 is 23.3 Å². The van der Waals surface area contributed by atoms with Gasteiger partial charge < -0.3 is 6.42 Å². The average Bonchev–Trinajstić information content (AvgIpc) is 3.39. The van der Waals surface area contributed by atoms with Crippen molar-refractivity contribution in [3.8, 4) is 0 Å². The molecule has 0 unspecified atom stereocenters. The van der Waals surface area contributed by atoms with Crippen LogP contribution in [0.1, 0.15) is 126 Å². The molecule has 0 saturated carbocycles. The van der Waals surface area contributed by atoms with E-state index in [0.29, 0.717) is 23.7 Å². The zero-order chi connectivity index (χ0) is 28.4. The molecule has 0 bridgehead atoms. The van der Waals surface area contributed by atoms with Gasteiger partial charge in [-0.05, 0) is 23.7 Å². The molecule has 0 fully saturated rings. The van der Waals surface area contributed by atoms with Gasteiger partial charge in [0.1, 0.15) is 0 Å². The van der Waals surface area contributed by atoms with Gasteiger partial charge in [0.2, 0.25) is 0 Å². The molecule has 0 atom stereocenters. The van der Waals surface area contributed by atoms with Crippen LogP contribution in [0.4, 0.5) is 0 Å². The second kappa shape index (κ2) is 16.0. The third-order valence-corrected chi connectivity index (χ3v) is 6.62. The molecule has 2 heteroatoms. The van der Waals surface area contributed by atoms with Crippen LogP contribution in [-0.2, 0) is 23.3 Å². The third-order valence-electron chi connectivity index (χ3n) is 6.62. The number of aryl methyl sites for hydroxylation is 2. The van der Waals surface area contributed by atoms with Crippen LogP contribution in [0.5, 0.6) is 0 Å². The van der Waals surface area contributed by atoms with Crippen LogP contribution in [-0.4, -0.2) is 6.88 Å². The number of fused-ring (bicyclic) bond motifs is 2. The summed E-state index contributed by atoms with van der Waals surface area (Å²) < 4.78 is 0. The van der Waals surface area contributed by atoms with Gasteiger partial charge in [0.15, 0.2) is 0 Å². The van der Waals surface area contributed by atoms with E-state index < -0.39 is 0 Å². The molecule has 0 aliphatic carbocycles. The Morgan fingerprint density at radius 2 is 0.865 bits per heavy atom. The maximum atomic E-state index is 2.39. The Labute approximate surface area is 245 Å². The molecule has 0 aliphatic heterocycles. The summed E-state index contributed by atoms with van der Waals surface area (Å²) in [5, 5.41) is 5.70. The molecule has 37 heavy (non-hydrogen) atoms. The molecule has 4 rings (SSSR count). The first kappa shape index (κ1) is 33.8. The van der Waals surface area contributed by atoms with Gasteiger partial charge >= 0.3 is 30.2 Å². The van der Waals surface area contributed by atoms with E-state index in [2.05, 4.69) is 118 Å². The second-order valence-corrected chi connectivity index (χ2v) is 11.5. The van der Waals surface area contributed by atoms with E-state index >= 15 is 0 Å². The molecule has 0 amide bonds. The van der Waals surface area contributed by atoms with Crippen molar-refractivity contribution in [2.75, 3.05) is 0 Å². The first-order valence-electron chi connectivity index (χ1n) is 13.9. The Bertz CT molecular complexity index is 1140. The van der Waals surface area contributed by atoms with Gasteiger partial charge in [0, 0.05) is 0 Å². The second-order valence-electron chi connectivity index (χ2n) is 11.5. The van der Waals surface area contributed by atoms with E-state index in [9.17, 15) is 0 Å². The van der Waals surface area contributed by atoms with Gasteiger partial charge in [-0.25, -0.2) is 0 Å². The molecule has 0 spiro atoms. The molecule has 0 saturated heterocycles. The van der Waals surface area contributed by atoms with E-state index in [-0.39, 0.29) is 0 Å². The molecule has 0 aliphatic rings. The summed E-state index contributed by atoms with van der Waals surface area (Å²) in [5.41, 5.74) is 8.66. The molecular weight excluding hydrogens is 540 g/mol. The van der Waals surface area contributed by atoms with Crippen molar-refractivity contribution >= 4 is 28.4 Å². The summed E-state index contributed by atoms with van der Waals surface area (Å²) in [6, 6.07) is 18.7. The number of rotatable bonds is 4. The molecule has 0 aromatic heterocycles. The summed E-state index contributed by atoms with van der Waals surface area (Å²) in [4.78, 5) is 0. The zero-order valence-corrected chi connectivity index (χ0v) is 29.6. The van der Waals surface area contributed by atoms with Crippen molar-refractivity contribution in [1.82, 2.24) is 0 Å². The monoisotopic (exact) mass is 589 g/mol. The quantitative estimate of drug-likeness (QED) is 0.164. The fourth-order valence-electron chi connectivity index (χ4n) is 4.67. The van der Waals surface area contributed by atoms with E-state index in [4.69, 9.17) is 0 Å². The van der Waals surface area contributed by atoms with Crippen molar-refractivity contribution in [2.45, 2.75) is 107 Å². The fraction of sp³-hybridized carbons (Fsp3) is 0.457. The van der Waals surface area contributed by atoms with Crippen LogP contribution in [0.3, 0.4) is 0 Å². The van der Waals surface area contributed by atoms with Crippen LogP contribution in [0.2, 0.25) is 0 Å². The van der Waals surface area contributed by atoms with Gasteiger partial charge in [-0.1, -0.05) is 104 Å². The predicted octanol–water partition coefficient (Wildman–Crippen LogP) is 10.5. The van der Waals surface area contributed by atoms with Gasteiger partial charge in [-0.3, -0.25) is 0 Å². The van der Waals surface area contributed by atoms with Crippen molar-refractivity contribution in [1.29, 1.82) is 0 Å². The van der Waals surface area contributed by atoms with E-state index in [1.165, 1.54) is 54.9 Å². The molecular formula is C35H51SiZr-3. The van der Waals surface area contributed by atoms with Crippen LogP contribution >= 0.6 is 0 Å². The molecule has 0 nitrogen and oxygen atoms in total. The first-order chi connectivity index (χ1) is 17.4. The molecule has 202 valence electrons. The maximum absolute atomic E-state index is 2.39. The Morgan fingerprint density at radius 3 is 1.11 bits per heavy atom. The number of hydrogen-bond donors (Lipinski definition) is 0. The third kappa shape index (κ3) is 9.47. The van der Waals surface area contributed by atoms with Crippen LogP contribution < -0.4 is 0 Å². The molecule has 0 heterocycles. The minimum atomic E-state index is 0.600. The van der Waals surface area contributed by atoms with Crippen LogP contribution in [0.15, 0.2) is 48.5 Å². The van der Waals surface area contributed by atoms with Gasteiger partial charge in [-0.2, -0.15) is 26.0 Å². The average molecular weight is 591 g/mol. The minimum absolute atomic E-state index is 0.600. The van der Waals surface area contributed by atoms with Gasteiger partial charge in [0.05, 0.1) is 0 Å². The normalized spacial score (nSPS) is 10.9. The van der Waals surface area contributed by atoms with E-state index in [1.54, 1.807) is 23.3 Å². The predicted molar refractivity (Wildman–Crippen MR) is 169 cm³/mol. The summed E-state index contributed by atoms with van der Waals surface area (Å²) in [6.45, 7) is 28.5. The Hall–Kier alpha value is -1.24. The Kier molecular flexibility index (Phi) is 14.6. The summed E-state index contributed by atoms with van der Waals surface area (Å²) in [6.07, 6.45) is 2.00. The molecule has 4 aromatic carbocycles. The molecule has 0 N–H and O–H groups in total. The van der Waals surface area contributed by atoms with E-state index in [1.807, 2.05) is 27.1 Å². The van der Waals surface area contributed by atoms with E-state index in [0.717, 1.165) is 0 Å². The summed E-state index contributed by atoms with van der Waals surface area (Å²) >= 11 is 1.58. The standard InChI is InChI=1S/2C16H21.C3H7.H2Si.Zr/c2*1-10(2)13-8-14-6-12(5)7-16(14)15(9-13)11(3)4;1-3-2;;/h2*6-11H,1-5H3;3H,1-2H3;1H2;/q3*-1;;. The SMILES string of the molecule is C[CH-]C.Cc1cc2c(C(C)C)cc(C(C)C)cc2[cH-]1.Cc1cc2c(C(C)C)cc(C(C)C)cc2[cH-]1.[SiH2]=[Zr]. The number of hydrogen-bond acceptors (Lipinski definition) is 0. The fourth-order valence-corrected chi connectivity index (χ4v) is 4.67. The topological polar surface area (TPSA) is 0 Å². The summed E-state index contributed by atoms with van der Waals surface area (Å²) in [7, 11) is 0. The Balaban J connectivity index is 0.000000316. The molecule has 0 radical (unpaired) electrons. The molecule has 4 aromatic rings. The number of benzene rings is 2. The van der Waals surface area contributed by atoms with Crippen molar-refractivity contribution in [2.24, 2.45) is 0 Å². The van der Waals surface area contributed by atoms with Gasteiger partial charge in [0.25, 0.3) is 0 Å². The van der Waals surface area contributed by atoms with Crippen molar-refractivity contribution in [3.05, 3.63) is 88.3 Å². The van der Waals surface area contributed by atoms with Crippen LogP contribution in [0, 0.1) is 20.3 Å². The van der Waals surface area contributed by atoms with Crippen LogP contribution in [0.25, 0.3) is 21.5 Å².